The highest BCUT2D eigenvalue weighted by molar-refractivity contribution is 7.18. The number of amides is 1. The number of piperidine rings is 1. The second-order valence-corrected chi connectivity index (χ2v) is 6.24. The van der Waals surface area contributed by atoms with Crippen LogP contribution in [0.5, 0.6) is 0 Å². The van der Waals surface area contributed by atoms with Gasteiger partial charge >= 0.3 is 0 Å². The predicted octanol–water partition coefficient (Wildman–Crippen LogP) is 2.87. The van der Waals surface area contributed by atoms with Crippen LogP contribution in [0, 0.1) is 5.92 Å². The van der Waals surface area contributed by atoms with Crippen molar-refractivity contribution in [2.24, 2.45) is 5.92 Å². The summed E-state index contributed by atoms with van der Waals surface area (Å²) in [5.41, 5.74) is 6.54. The van der Waals surface area contributed by atoms with E-state index in [0.717, 1.165) is 24.0 Å². The number of hydrogen-bond acceptors (Lipinski definition) is 4. The fraction of sp³-hybridized carbons (Fsp3) is 0.533. The van der Waals surface area contributed by atoms with Crippen LogP contribution in [0.15, 0.2) is 18.7 Å². The molecule has 1 aliphatic heterocycles. The SMILES string of the molecule is C=CCNC(=O)c1sc(N2CCC(CC)CC2)cc1N. The fourth-order valence-corrected chi connectivity index (χ4v) is 3.58. The molecule has 20 heavy (non-hydrogen) atoms. The molecule has 0 aromatic carbocycles. The number of carbonyl (C=O) groups excluding carboxylic acids is 1. The predicted molar refractivity (Wildman–Crippen MR) is 86.5 cm³/mol. The second-order valence-electron chi connectivity index (χ2n) is 5.21. The van der Waals surface area contributed by atoms with Gasteiger partial charge in [-0.25, -0.2) is 0 Å². The average Bonchev–Trinajstić information content (AvgIpc) is 2.87. The second kappa shape index (κ2) is 6.79. The Kier molecular flexibility index (Phi) is 5.06. The maximum absolute atomic E-state index is 12.0. The van der Waals surface area contributed by atoms with Gasteiger partial charge in [-0.2, -0.15) is 0 Å². The largest absolute Gasteiger partial charge is 0.397 e. The molecule has 1 aromatic heterocycles. The van der Waals surface area contributed by atoms with Gasteiger partial charge in [0.2, 0.25) is 0 Å². The number of rotatable bonds is 5. The van der Waals surface area contributed by atoms with Crippen LogP contribution < -0.4 is 16.0 Å². The van der Waals surface area contributed by atoms with Gasteiger partial charge in [-0.05, 0) is 24.8 Å². The number of anilines is 2. The van der Waals surface area contributed by atoms with E-state index in [4.69, 9.17) is 5.73 Å². The minimum absolute atomic E-state index is 0.109. The molecule has 1 saturated heterocycles. The van der Waals surface area contributed by atoms with Crippen LogP contribution in [-0.4, -0.2) is 25.5 Å². The van der Waals surface area contributed by atoms with Crippen LogP contribution in [0.3, 0.4) is 0 Å². The zero-order valence-electron chi connectivity index (χ0n) is 12.0. The molecular weight excluding hydrogens is 270 g/mol. The van der Waals surface area contributed by atoms with Gasteiger partial charge in [0, 0.05) is 19.6 Å². The van der Waals surface area contributed by atoms with E-state index in [1.807, 2.05) is 6.07 Å². The van der Waals surface area contributed by atoms with Gasteiger partial charge in [0.25, 0.3) is 5.91 Å². The van der Waals surface area contributed by atoms with Gasteiger partial charge in [-0.15, -0.1) is 17.9 Å². The molecule has 1 fully saturated rings. The van der Waals surface area contributed by atoms with Crippen LogP contribution >= 0.6 is 11.3 Å². The highest BCUT2D eigenvalue weighted by atomic mass is 32.1. The van der Waals surface area contributed by atoms with Gasteiger partial charge in [-0.1, -0.05) is 19.4 Å². The van der Waals surface area contributed by atoms with Gasteiger partial charge in [0.15, 0.2) is 0 Å². The van der Waals surface area contributed by atoms with Crippen LogP contribution in [0.2, 0.25) is 0 Å². The third-order valence-electron chi connectivity index (χ3n) is 3.86. The molecule has 110 valence electrons. The normalized spacial score (nSPS) is 16.1. The van der Waals surface area contributed by atoms with Crippen molar-refractivity contribution in [1.29, 1.82) is 0 Å². The molecule has 0 unspecified atom stereocenters. The summed E-state index contributed by atoms with van der Waals surface area (Å²) in [5.74, 6) is 0.737. The van der Waals surface area contributed by atoms with Gasteiger partial charge in [0.05, 0.1) is 10.7 Å². The molecule has 5 heteroatoms. The summed E-state index contributed by atoms with van der Waals surface area (Å²) in [6.07, 6.45) is 5.38. The lowest BCUT2D eigenvalue weighted by Crippen LogP contribution is -2.32. The Morgan fingerprint density at radius 3 is 2.90 bits per heavy atom. The zero-order chi connectivity index (χ0) is 14.5. The number of hydrogen-bond donors (Lipinski definition) is 2. The summed E-state index contributed by atoms with van der Waals surface area (Å²) < 4.78 is 0. The Hall–Kier alpha value is -1.49. The number of nitrogens with two attached hydrogens (primary N) is 1. The Bertz CT molecular complexity index is 475. The van der Waals surface area contributed by atoms with Crippen LogP contribution in [0.25, 0.3) is 0 Å². The fourth-order valence-electron chi connectivity index (χ4n) is 2.53. The highest BCUT2D eigenvalue weighted by Gasteiger charge is 2.22. The van der Waals surface area contributed by atoms with E-state index >= 15 is 0 Å². The minimum atomic E-state index is -0.109. The third-order valence-corrected chi connectivity index (χ3v) is 5.07. The van der Waals surface area contributed by atoms with E-state index in [-0.39, 0.29) is 5.91 Å². The maximum Gasteiger partial charge on any atom is 0.263 e. The molecule has 2 heterocycles. The molecule has 1 aliphatic rings. The van der Waals surface area contributed by atoms with Crippen molar-refractivity contribution in [1.82, 2.24) is 5.32 Å². The van der Waals surface area contributed by atoms with Crippen molar-refractivity contribution in [3.63, 3.8) is 0 Å². The monoisotopic (exact) mass is 293 g/mol. The summed E-state index contributed by atoms with van der Waals surface area (Å²) in [7, 11) is 0. The lowest BCUT2D eigenvalue weighted by Gasteiger charge is -2.32. The van der Waals surface area contributed by atoms with E-state index in [9.17, 15) is 4.79 Å². The van der Waals surface area contributed by atoms with Crippen molar-refractivity contribution in [2.45, 2.75) is 26.2 Å². The van der Waals surface area contributed by atoms with Gasteiger partial charge in [0.1, 0.15) is 4.88 Å². The van der Waals surface area contributed by atoms with Gasteiger partial charge < -0.3 is 16.0 Å². The molecular formula is C15H23N3OS. The molecule has 0 saturated carbocycles. The average molecular weight is 293 g/mol. The summed E-state index contributed by atoms with van der Waals surface area (Å²) in [6.45, 7) is 8.44. The quantitative estimate of drug-likeness (QED) is 0.821. The van der Waals surface area contributed by atoms with Gasteiger partial charge in [-0.3, -0.25) is 4.79 Å². The van der Waals surface area contributed by atoms with Crippen molar-refractivity contribution in [3.05, 3.63) is 23.6 Å². The molecule has 0 spiro atoms. The smallest absolute Gasteiger partial charge is 0.263 e. The van der Waals surface area contributed by atoms with Crippen LogP contribution in [-0.2, 0) is 0 Å². The number of thiophene rings is 1. The Labute approximate surface area is 124 Å². The van der Waals surface area contributed by atoms with Crippen LogP contribution in [0.4, 0.5) is 10.7 Å². The minimum Gasteiger partial charge on any atom is -0.397 e. The maximum atomic E-state index is 12.0. The first-order valence-corrected chi connectivity index (χ1v) is 8.00. The zero-order valence-corrected chi connectivity index (χ0v) is 12.8. The molecule has 4 nitrogen and oxygen atoms in total. The van der Waals surface area contributed by atoms with Crippen molar-refractivity contribution >= 4 is 27.9 Å². The summed E-state index contributed by atoms with van der Waals surface area (Å²) in [5, 5.41) is 3.89. The van der Waals surface area contributed by atoms with Crippen molar-refractivity contribution in [3.8, 4) is 0 Å². The first kappa shape index (κ1) is 14.9. The third kappa shape index (κ3) is 3.33. The van der Waals surface area contributed by atoms with Crippen molar-refractivity contribution < 1.29 is 4.79 Å². The van der Waals surface area contributed by atoms with Crippen molar-refractivity contribution in [2.75, 3.05) is 30.3 Å². The topological polar surface area (TPSA) is 58.4 Å². The van der Waals surface area contributed by atoms with E-state index in [1.54, 1.807) is 6.08 Å². The van der Waals surface area contributed by atoms with Crippen LogP contribution in [0.1, 0.15) is 35.9 Å². The highest BCUT2D eigenvalue weighted by Crippen LogP contribution is 2.34. The molecule has 0 radical (unpaired) electrons. The molecule has 3 N–H and O–H groups in total. The Morgan fingerprint density at radius 2 is 2.30 bits per heavy atom. The number of carbonyl (C=O) groups is 1. The first-order chi connectivity index (χ1) is 9.65. The number of nitrogen functional groups attached to an aromatic ring is 1. The van der Waals surface area contributed by atoms with E-state index in [2.05, 4.69) is 23.7 Å². The standard InChI is InChI=1S/C15H23N3OS/c1-3-7-17-15(19)14-12(16)10-13(20-14)18-8-5-11(4-2)6-9-18/h3,10-11H,1,4-9,16H2,2H3,(H,17,19). The molecule has 0 bridgehead atoms. The summed E-state index contributed by atoms with van der Waals surface area (Å²) in [6, 6.07) is 1.93. The lowest BCUT2D eigenvalue weighted by molar-refractivity contribution is 0.0963. The molecule has 1 amide bonds. The molecule has 0 atom stereocenters. The number of nitrogens with zero attached hydrogens (tertiary/aromatic N) is 1. The van der Waals surface area contributed by atoms with E-state index < -0.39 is 0 Å². The number of nitrogens with one attached hydrogen (secondary N) is 1. The molecule has 1 aromatic rings. The summed E-state index contributed by atoms with van der Waals surface area (Å²) >= 11 is 1.49. The Balaban J connectivity index is 2.03. The Morgan fingerprint density at radius 1 is 1.60 bits per heavy atom. The molecule has 2 rings (SSSR count). The first-order valence-electron chi connectivity index (χ1n) is 7.19. The summed E-state index contributed by atoms with van der Waals surface area (Å²) in [4.78, 5) is 14.9. The van der Waals surface area contributed by atoms with E-state index in [1.165, 1.54) is 30.6 Å². The van der Waals surface area contributed by atoms with E-state index in [0.29, 0.717) is 17.1 Å². The lowest BCUT2D eigenvalue weighted by atomic mass is 9.95. The molecule has 0 aliphatic carbocycles.